The number of hydrogen-bond donors (Lipinski definition) is 0. The lowest BCUT2D eigenvalue weighted by Gasteiger charge is -2.32. The molecule has 5 nitrogen and oxygen atoms in total. The number of nitrogens with zero attached hydrogens (tertiary/aromatic N) is 1. The molecule has 0 aliphatic heterocycles. The summed E-state index contributed by atoms with van der Waals surface area (Å²) in [5.74, 6) is 0. The molecule has 0 aliphatic carbocycles. The van der Waals surface area contributed by atoms with Crippen LogP contribution >= 0.6 is 0 Å². The van der Waals surface area contributed by atoms with Crippen LogP contribution in [0.25, 0.3) is 0 Å². The Labute approximate surface area is 73.5 Å². The van der Waals surface area contributed by atoms with E-state index in [1.54, 1.807) is 28.1 Å². The highest BCUT2D eigenvalue weighted by molar-refractivity contribution is 7.80. The fraction of sp³-hybridized carbons (Fsp3) is 1.00. The Morgan fingerprint density at radius 2 is 1.83 bits per heavy atom. The van der Waals surface area contributed by atoms with Crippen LogP contribution < -0.4 is 0 Å². The molecule has 0 unspecified atom stereocenters. The Morgan fingerprint density at radius 3 is 1.92 bits per heavy atom. The van der Waals surface area contributed by atoms with Crippen molar-refractivity contribution in [3.05, 3.63) is 0 Å². The molecule has 0 fully saturated rings. The maximum atomic E-state index is 10.3. The van der Waals surface area contributed by atoms with Crippen LogP contribution in [0.5, 0.6) is 0 Å². The number of quaternary nitrogens is 1. The fourth-order valence-electron chi connectivity index (χ4n) is 0.881. The molecule has 0 aliphatic rings. The molecule has 0 N–H and O–H groups in total. The second-order valence-corrected chi connectivity index (χ2v) is 4.49. The molecular weight excluding hydrogens is 182 g/mol. The highest BCUT2D eigenvalue weighted by Gasteiger charge is 2.24. The lowest BCUT2D eigenvalue weighted by molar-refractivity contribution is -0.915. The summed E-state index contributed by atoms with van der Waals surface area (Å²) in [6.07, 6.45) is -0.127. The van der Waals surface area contributed by atoms with Crippen molar-refractivity contribution in [3.63, 3.8) is 0 Å². The number of rotatable bonds is 4. The van der Waals surface area contributed by atoms with E-state index in [-0.39, 0.29) is 4.48 Å². The first-order chi connectivity index (χ1) is 5.17. The van der Waals surface area contributed by atoms with Gasteiger partial charge in [0.25, 0.3) is 0 Å². The largest absolute Gasteiger partial charge is 0.725 e. The quantitative estimate of drug-likeness (QED) is 0.273. The third kappa shape index (κ3) is 4.66. The maximum Gasteiger partial charge on any atom is 0.222 e. The molecule has 0 rings (SSSR count). The molecule has 0 aromatic heterocycles. The van der Waals surface area contributed by atoms with Gasteiger partial charge in [-0.05, 0) is 0 Å². The molecule has 6 heteroatoms. The Hall–Kier alpha value is -0.170. The van der Waals surface area contributed by atoms with Crippen molar-refractivity contribution in [1.82, 2.24) is 0 Å². The fourth-order valence-corrected chi connectivity index (χ4v) is 1.55. The van der Waals surface area contributed by atoms with E-state index in [1.807, 2.05) is 0 Å². The zero-order valence-electron chi connectivity index (χ0n) is 7.77. The first kappa shape index (κ1) is 11.8. The van der Waals surface area contributed by atoms with Gasteiger partial charge in [-0.1, -0.05) is 6.92 Å². The molecule has 0 spiro atoms. The second-order valence-electron chi connectivity index (χ2n) is 3.48. The predicted octanol–water partition coefficient (Wildman–Crippen LogP) is -0.0945. The molecule has 12 heavy (non-hydrogen) atoms. The van der Waals surface area contributed by atoms with Crippen LogP contribution in [-0.2, 0) is 14.6 Å². The summed E-state index contributed by atoms with van der Waals surface area (Å²) in [7, 11) is 0.706. The lowest BCUT2D eigenvalue weighted by atomic mass is 10.4. The minimum absolute atomic E-state index is 0.290. The summed E-state index contributed by atoms with van der Waals surface area (Å²) in [4.78, 5) is 0. The minimum Gasteiger partial charge on any atom is -0.725 e. The normalized spacial score (nSPS) is 16.1. The summed E-state index contributed by atoms with van der Waals surface area (Å²) in [6.45, 7) is 1.76. The molecule has 0 bridgehead atoms. The van der Waals surface area contributed by atoms with Gasteiger partial charge in [0, 0.05) is 6.42 Å². The van der Waals surface area contributed by atoms with Gasteiger partial charge in [0.1, 0.15) is 0 Å². The topological polar surface area (TPSA) is 66.4 Å². The zero-order valence-corrected chi connectivity index (χ0v) is 8.59. The maximum absolute atomic E-state index is 10.3. The standard InChI is InChI=1S/C6H15NO4S/c1-5-6(7(2,3)4)11-12(8,9)10/h6H,5H2,1-4H3/t6-/m0/s1. The third-order valence-corrected chi connectivity index (χ3v) is 1.90. The van der Waals surface area contributed by atoms with Gasteiger partial charge in [-0.2, -0.15) is 0 Å². The van der Waals surface area contributed by atoms with Crippen molar-refractivity contribution in [1.29, 1.82) is 0 Å². The van der Waals surface area contributed by atoms with Gasteiger partial charge in [0.05, 0.1) is 21.1 Å². The van der Waals surface area contributed by atoms with Crippen molar-refractivity contribution in [2.45, 2.75) is 19.6 Å². The van der Waals surface area contributed by atoms with E-state index in [2.05, 4.69) is 4.18 Å². The third-order valence-electron chi connectivity index (χ3n) is 1.44. The molecule has 0 aromatic carbocycles. The van der Waals surface area contributed by atoms with E-state index < -0.39 is 16.6 Å². The summed E-state index contributed by atoms with van der Waals surface area (Å²) in [5, 5.41) is 0. The molecule has 1 atom stereocenters. The summed E-state index contributed by atoms with van der Waals surface area (Å²) >= 11 is 0. The van der Waals surface area contributed by atoms with Crippen molar-refractivity contribution in [3.8, 4) is 0 Å². The van der Waals surface area contributed by atoms with Crippen molar-refractivity contribution in [2.75, 3.05) is 21.1 Å². The van der Waals surface area contributed by atoms with Crippen LogP contribution in [0.1, 0.15) is 13.3 Å². The first-order valence-electron chi connectivity index (χ1n) is 3.62. The van der Waals surface area contributed by atoms with Crippen molar-refractivity contribution >= 4 is 10.4 Å². The first-order valence-corrected chi connectivity index (χ1v) is 4.95. The highest BCUT2D eigenvalue weighted by atomic mass is 32.3. The van der Waals surface area contributed by atoms with Gasteiger partial charge >= 0.3 is 0 Å². The molecular formula is C6H15NO4S. The average Bonchev–Trinajstić information content (AvgIpc) is 1.78. The van der Waals surface area contributed by atoms with Crippen molar-refractivity contribution < 1.29 is 21.6 Å². The smallest absolute Gasteiger partial charge is 0.222 e. The van der Waals surface area contributed by atoms with Crippen molar-refractivity contribution in [2.24, 2.45) is 0 Å². The van der Waals surface area contributed by atoms with E-state index in [0.29, 0.717) is 6.42 Å². The molecule has 0 radical (unpaired) electrons. The summed E-state index contributed by atoms with van der Waals surface area (Å²) in [6, 6.07) is 0. The Bertz CT molecular complexity index is 228. The monoisotopic (exact) mass is 197 g/mol. The van der Waals surface area contributed by atoms with E-state index in [9.17, 15) is 13.0 Å². The Kier molecular flexibility index (Phi) is 3.64. The molecule has 0 heterocycles. The van der Waals surface area contributed by atoms with Crippen LogP contribution in [0.4, 0.5) is 0 Å². The molecule has 0 saturated carbocycles. The molecule has 0 amide bonds. The second kappa shape index (κ2) is 3.69. The van der Waals surface area contributed by atoms with Gasteiger partial charge in [0.15, 0.2) is 0 Å². The predicted molar refractivity (Wildman–Crippen MR) is 42.9 cm³/mol. The zero-order chi connectivity index (χ0) is 9.99. The van der Waals surface area contributed by atoms with Gasteiger partial charge in [-0.3, -0.25) is 0 Å². The van der Waals surface area contributed by atoms with Gasteiger partial charge in [-0.15, -0.1) is 0 Å². The number of hydrogen-bond acceptors (Lipinski definition) is 4. The minimum atomic E-state index is -4.58. The Balaban J connectivity index is 4.41. The molecule has 0 saturated heterocycles. The summed E-state index contributed by atoms with van der Waals surface area (Å²) < 4.78 is 35.4. The van der Waals surface area contributed by atoms with Gasteiger partial charge in [-0.25, -0.2) is 12.6 Å². The Morgan fingerprint density at radius 1 is 1.42 bits per heavy atom. The van der Waals surface area contributed by atoms with E-state index in [4.69, 9.17) is 0 Å². The van der Waals surface area contributed by atoms with Crippen LogP contribution in [0.15, 0.2) is 0 Å². The summed E-state index contributed by atoms with van der Waals surface area (Å²) in [5.41, 5.74) is 0. The SMILES string of the molecule is CC[C@H](OS(=O)(=O)[O-])[N+](C)(C)C. The molecule has 74 valence electrons. The molecule has 0 aromatic rings. The van der Waals surface area contributed by atoms with E-state index >= 15 is 0 Å². The van der Waals surface area contributed by atoms with E-state index in [1.165, 1.54) is 0 Å². The van der Waals surface area contributed by atoms with Crippen LogP contribution in [0.2, 0.25) is 0 Å². The highest BCUT2D eigenvalue weighted by Crippen LogP contribution is 2.10. The average molecular weight is 197 g/mol. The van der Waals surface area contributed by atoms with Crippen LogP contribution in [0, 0.1) is 0 Å². The van der Waals surface area contributed by atoms with Gasteiger partial charge in [0.2, 0.25) is 16.6 Å². The van der Waals surface area contributed by atoms with Crippen LogP contribution in [-0.4, -0.2) is 44.8 Å². The lowest BCUT2D eigenvalue weighted by Crippen LogP contribution is -2.47. The van der Waals surface area contributed by atoms with Crippen LogP contribution in [0.3, 0.4) is 0 Å². The van der Waals surface area contributed by atoms with E-state index in [0.717, 1.165) is 0 Å². The van der Waals surface area contributed by atoms with Gasteiger partial charge < -0.3 is 9.04 Å².